The van der Waals surface area contributed by atoms with Crippen LogP contribution in [0.15, 0.2) is 11.7 Å². The zero-order valence-corrected chi connectivity index (χ0v) is 22.6. The normalized spacial score (nSPS) is 29.0. The number of likely N-dealkylation sites (tertiary alicyclic amines) is 2. The van der Waals surface area contributed by atoms with Crippen molar-refractivity contribution in [1.82, 2.24) is 25.4 Å². The maximum Gasteiger partial charge on any atom is 0.314 e. The van der Waals surface area contributed by atoms with Crippen LogP contribution >= 0.6 is 11.3 Å². The Morgan fingerprint density at radius 3 is 2.53 bits per heavy atom. The van der Waals surface area contributed by atoms with Gasteiger partial charge in [0.2, 0.25) is 11.8 Å². The predicted octanol–water partition coefficient (Wildman–Crippen LogP) is 0.191. The smallest absolute Gasteiger partial charge is 0.314 e. The highest BCUT2D eigenvalue weighted by Crippen LogP contribution is 2.45. The number of likely N-dealkylation sites (N-methyl/N-ethyl adjacent to an activating group) is 1. The van der Waals surface area contributed by atoms with Crippen molar-refractivity contribution >= 4 is 35.1 Å². The molecule has 1 saturated carbocycles. The first-order chi connectivity index (χ1) is 18.2. The maximum absolute atomic E-state index is 13.7. The van der Waals surface area contributed by atoms with Crippen molar-refractivity contribution in [2.24, 2.45) is 22.5 Å². The van der Waals surface area contributed by atoms with Crippen LogP contribution in [0.3, 0.4) is 0 Å². The third-order valence-electron chi connectivity index (χ3n) is 8.78. The molecule has 6 rings (SSSR count). The fourth-order valence-corrected chi connectivity index (χ4v) is 6.94. The Balaban J connectivity index is 1.28. The summed E-state index contributed by atoms with van der Waals surface area (Å²) in [6.07, 6.45) is 5.40. The molecule has 208 valence electrons. The standard InChI is InChI=1S/C25H36N6O6S/c1-15(36-12-24-5-3-16(4-6-24)37-13-24)19(21(33)27-2)29-20(32)17-8-30(22(34)18-7-28-14-38-18)9-25(17)10-31(11-25)23(26)35/h7,14-17,19H,3-6,8-13H2,1-2H3,(H2,26,35)(H,27,33)(H,29,32)/t15-,16?,17+,19-,24?/m1/s1. The Bertz CT molecular complexity index is 1050. The summed E-state index contributed by atoms with van der Waals surface area (Å²) in [5, 5.41) is 5.54. The molecule has 1 aromatic heterocycles. The van der Waals surface area contributed by atoms with E-state index >= 15 is 0 Å². The van der Waals surface area contributed by atoms with E-state index in [-0.39, 0.29) is 42.8 Å². The topological polar surface area (TPSA) is 156 Å². The first kappa shape index (κ1) is 26.8. The van der Waals surface area contributed by atoms with E-state index in [1.54, 1.807) is 17.3 Å². The number of aromatic nitrogens is 1. The number of nitrogens with zero attached hydrogens (tertiary/aromatic N) is 3. The first-order valence-corrected chi connectivity index (χ1v) is 14.0. The molecule has 5 amide bonds. The Kier molecular flexibility index (Phi) is 7.35. The summed E-state index contributed by atoms with van der Waals surface area (Å²) in [7, 11) is 1.52. The predicted molar refractivity (Wildman–Crippen MR) is 137 cm³/mol. The van der Waals surface area contributed by atoms with Gasteiger partial charge in [0, 0.05) is 44.1 Å². The summed E-state index contributed by atoms with van der Waals surface area (Å²) in [6, 6.07) is -1.48. The molecule has 5 heterocycles. The minimum atomic E-state index is -0.916. The van der Waals surface area contributed by atoms with Crippen LogP contribution in [0.5, 0.6) is 0 Å². The number of nitrogens with one attached hydrogen (secondary N) is 2. The van der Waals surface area contributed by atoms with E-state index in [1.165, 1.54) is 29.5 Å². The summed E-state index contributed by atoms with van der Waals surface area (Å²) in [5.74, 6) is -1.53. The second-order valence-corrected chi connectivity index (χ2v) is 12.2. The fourth-order valence-electron chi connectivity index (χ4n) is 6.36. The van der Waals surface area contributed by atoms with Gasteiger partial charge in [-0.15, -0.1) is 11.3 Å². The van der Waals surface area contributed by atoms with Gasteiger partial charge < -0.3 is 35.6 Å². The quantitative estimate of drug-likeness (QED) is 0.419. The second kappa shape index (κ2) is 10.4. The zero-order chi connectivity index (χ0) is 27.1. The Hall–Kier alpha value is -2.77. The van der Waals surface area contributed by atoms with Gasteiger partial charge in [0.25, 0.3) is 5.91 Å². The van der Waals surface area contributed by atoms with E-state index in [1.807, 2.05) is 0 Å². The number of primary amides is 1. The number of hydrogen-bond donors (Lipinski definition) is 3. The highest BCUT2D eigenvalue weighted by Gasteiger charge is 2.59. The number of thiazole rings is 1. The minimum absolute atomic E-state index is 0.0442. The molecule has 38 heavy (non-hydrogen) atoms. The summed E-state index contributed by atoms with van der Waals surface area (Å²) in [5.41, 5.74) is 6.37. The van der Waals surface area contributed by atoms with Crippen molar-refractivity contribution in [1.29, 1.82) is 0 Å². The van der Waals surface area contributed by atoms with Gasteiger partial charge in [-0.3, -0.25) is 19.4 Å². The molecule has 13 heteroatoms. The van der Waals surface area contributed by atoms with Crippen molar-refractivity contribution in [3.63, 3.8) is 0 Å². The molecule has 4 saturated heterocycles. The first-order valence-electron chi connectivity index (χ1n) is 13.1. The third-order valence-corrected chi connectivity index (χ3v) is 9.55. The van der Waals surface area contributed by atoms with E-state index in [0.29, 0.717) is 30.7 Å². The van der Waals surface area contributed by atoms with E-state index in [4.69, 9.17) is 15.2 Å². The van der Waals surface area contributed by atoms with Gasteiger partial charge in [-0.1, -0.05) is 0 Å². The lowest BCUT2D eigenvalue weighted by Gasteiger charge is -2.49. The summed E-state index contributed by atoms with van der Waals surface area (Å²) in [4.78, 5) is 58.9. The van der Waals surface area contributed by atoms with Crippen LogP contribution in [0, 0.1) is 16.7 Å². The molecule has 0 radical (unpaired) electrons. The van der Waals surface area contributed by atoms with Gasteiger partial charge in [0.05, 0.1) is 43.0 Å². The van der Waals surface area contributed by atoms with Gasteiger partial charge in [0.15, 0.2) is 0 Å². The lowest BCUT2D eigenvalue weighted by molar-refractivity contribution is -0.155. The molecular formula is C25H36N6O6S. The Morgan fingerprint density at radius 1 is 1.24 bits per heavy atom. The fraction of sp³-hybridized carbons (Fsp3) is 0.720. The summed E-state index contributed by atoms with van der Waals surface area (Å²) < 4.78 is 12.1. The van der Waals surface area contributed by atoms with Crippen LogP contribution in [-0.2, 0) is 19.1 Å². The number of nitrogens with two attached hydrogens (primary N) is 1. The van der Waals surface area contributed by atoms with Crippen LogP contribution in [0.4, 0.5) is 4.79 Å². The molecule has 3 atom stereocenters. The molecule has 1 aliphatic carbocycles. The number of rotatable bonds is 8. The average molecular weight is 549 g/mol. The number of carbonyl (C=O) groups excluding carboxylic acids is 4. The highest BCUT2D eigenvalue weighted by atomic mass is 32.1. The number of urea groups is 1. The molecular weight excluding hydrogens is 512 g/mol. The molecule has 4 N–H and O–H groups in total. The van der Waals surface area contributed by atoms with Crippen molar-refractivity contribution in [3.8, 4) is 0 Å². The molecule has 5 fully saturated rings. The lowest BCUT2D eigenvalue weighted by atomic mass is 9.71. The minimum Gasteiger partial charge on any atom is -0.378 e. The molecule has 1 aromatic rings. The van der Waals surface area contributed by atoms with Gasteiger partial charge in [-0.25, -0.2) is 4.79 Å². The van der Waals surface area contributed by atoms with Crippen molar-refractivity contribution in [2.75, 3.05) is 46.4 Å². The molecule has 0 unspecified atom stereocenters. The average Bonchev–Trinajstić information content (AvgIpc) is 3.59. The molecule has 4 aliphatic heterocycles. The van der Waals surface area contributed by atoms with Gasteiger partial charge in [-0.2, -0.15) is 0 Å². The Morgan fingerprint density at radius 2 is 1.95 bits per heavy atom. The third kappa shape index (κ3) is 4.98. The van der Waals surface area contributed by atoms with E-state index in [0.717, 1.165) is 25.7 Å². The SMILES string of the molecule is CNC(=O)[C@H](NC(=O)[C@@H]1CN(C(=O)c2cncs2)CC12CN(C(N)=O)C2)[C@@H](C)OCC12CCC(CC1)OC2. The van der Waals surface area contributed by atoms with Crippen LogP contribution in [0.25, 0.3) is 0 Å². The van der Waals surface area contributed by atoms with Crippen LogP contribution in [0.2, 0.25) is 0 Å². The molecule has 2 bridgehead atoms. The number of hydrogen-bond acceptors (Lipinski definition) is 8. The van der Waals surface area contributed by atoms with Crippen molar-refractivity contribution in [2.45, 2.75) is 50.9 Å². The van der Waals surface area contributed by atoms with E-state index in [2.05, 4.69) is 15.6 Å². The monoisotopic (exact) mass is 548 g/mol. The van der Waals surface area contributed by atoms with Gasteiger partial charge in [0.1, 0.15) is 10.9 Å². The van der Waals surface area contributed by atoms with Gasteiger partial charge >= 0.3 is 6.03 Å². The largest absolute Gasteiger partial charge is 0.378 e. The highest BCUT2D eigenvalue weighted by molar-refractivity contribution is 7.11. The van der Waals surface area contributed by atoms with Crippen LogP contribution in [0.1, 0.15) is 42.3 Å². The Labute approximate surface area is 225 Å². The lowest BCUT2D eigenvalue weighted by Crippen LogP contribution is -2.66. The van der Waals surface area contributed by atoms with Gasteiger partial charge in [-0.05, 0) is 32.6 Å². The van der Waals surface area contributed by atoms with Crippen LogP contribution in [-0.4, -0.2) is 103 Å². The zero-order valence-electron chi connectivity index (χ0n) is 21.8. The van der Waals surface area contributed by atoms with Crippen molar-refractivity contribution in [3.05, 3.63) is 16.6 Å². The van der Waals surface area contributed by atoms with Crippen molar-refractivity contribution < 1.29 is 28.7 Å². The van der Waals surface area contributed by atoms with E-state index < -0.39 is 29.5 Å². The molecule has 12 nitrogen and oxygen atoms in total. The number of ether oxygens (including phenoxy) is 2. The maximum atomic E-state index is 13.7. The van der Waals surface area contributed by atoms with E-state index in [9.17, 15) is 19.2 Å². The molecule has 0 aromatic carbocycles. The summed E-state index contributed by atoms with van der Waals surface area (Å²) >= 11 is 1.24. The number of fused-ring (bicyclic) bond motifs is 3. The molecule has 5 aliphatic rings. The summed E-state index contributed by atoms with van der Waals surface area (Å²) in [6.45, 7) is 3.93. The molecule has 1 spiro atoms. The number of amides is 5. The second-order valence-electron chi connectivity index (χ2n) is 11.3. The number of carbonyl (C=O) groups is 4. The van der Waals surface area contributed by atoms with Crippen LogP contribution < -0.4 is 16.4 Å².